The minimum Gasteiger partial charge on any atom is -0.428 e. The lowest BCUT2D eigenvalue weighted by atomic mass is 9.82. The van der Waals surface area contributed by atoms with Crippen molar-refractivity contribution >= 4 is 23.4 Å². The topological polar surface area (TPSA) is 102 Å². The van der Waals surface area contributed by atoms with Crippen LogP contribution in [0.3, 0.4) is 0 Å². The highest BCUT2D eigenvalue weighted by Crippen LogP contribution is 2.31. The molecule has 0 saturated heterocycles. The van der Waals surface area contributed by atoms with Crippen LogP contribution in [0.4, 0.5) is 6.01 Å². The highest BCUT2D eigenvalue weighted by atomic mass is 16.4. The molecule has 0 bridgehead atoms. The van der Waals surface area contributed by atoms with Crippen LogP contribution < -0.4 is 5.32 Å². The van der Waals surface area contributed by atoms with Gasteiger partial charge >= 0.3 is 6.01 Å². The fourth-order valence-electron chi connectivity index (χ4n) is 3.00. The fourth-order valence-corrected chi connectivity index (χ4v) is 3.00. The van der Waals surface area contributed by atoms with Gasteiger partial charge in [0, 0.05) is 24.6 Å². The van der Waals surface area contributed by atoms with Crippen LogP contribution in [0.5, 0.6) is 0 Å². The number of hydrogen-bond acceptors (Lipinski definition) is 6. The molecule has 0 saturated carbocycles. The van der Waals surface area contributed by atoms with Gasteiger partial charge in [-0.05, 0) is 24.0 Å². The number of anilines is 1. The number of pyridine rings is 1. The van der Waals surface area contributed by atoms with E-state index in [0.717, 1.165) is 0 Å². The summed E-state index contributed by atoms with van der Waals surface area (Å²) in [6, 6.07) is 3.29. The molecule has 3 aromatic rings. The maximum Gasteiger partial charge on any atom is 0.302 e. The fraction of sp³-hybridized carbons (Fsp3) is 0.353. The van der Waals surface area contributed by atoms with Crippen molar-refractivity contribution in [2.75, 3.05) is 5.32 Å². The highest BCUT2D eigenvalue weighted by Gasteiger charge is 2.32. The van der Waals surface area contributed by atoms with Gasteiger partial charge in [0.2, 0.25) is 0 Å². The summed E-state index contributed by atoms with van der Waals surface area (Å²) in [6.45, 7) is 4.17. The Bertz CT molecular complexity index is 972. The summed E-state index contributed by atoms with van der Waals surface area (Å²) >= 11 is 0. The number of carbonyl (C=O) groups excluding carboxylic acids is 2. The van der Waals surface area contributed by atoms with Crippen molar-refractivity contribution < 1.29 is 14.0 Å². The van der Waals surface area contributed by atoms with Crippen molar-refractivity contribution in [3.8, 4) is 0 Å². The Hall–Kier alpha value is -3.03. The van der Waals surface area contributed by atoms with Crippen molar-refractivity contribution in [2.24, 2.45) is 11.8 Å². The summed E-state index contributed by atoms with van der Waals surface area (Å²) in [5.74, 6) is 0.770. The van der Waals surface area contributed by atoms with Crippen molar-refractivity contribution in [3.05, 3.63) is 41.7 Å². The van der Waals surface area contributed by atoms with E-state index in [1.165, 1.54) is 6.33 Å². The normalized spacial score (nSPS) is 17.1. The Kier molecular flexibility index (Phi) is 3.60. The number of rotatable bonds is 3. The first-order chi connectivity index (χ1) is 12.0. The van der Waals surface area contributed by atoms with Crippen LogP contribution in [-0.4, -0.2) is 31.3 Å². The number of amides is 1. The number of oxazole rings is 1. The molecule has 1 amide bonds. The van der Waals surface area contributed by atoms with Gasteiger partial charge in [-0.3, -0.25) is 14.9 Å². The summed E-state index contributed by atoms with van der Waals surface area (Å²) in [7, 11) is 0. The van der Waals surface area contributed by atoms with Gasteiger partial charge in [0.15, 0.2) is 11.4 Å². The molecular weight excluding hydrogens is 322 g/mol. The number of aromatic nitrogens is 4. The molecule has 1 N–H and O–H groups in total. The third-order valence-corrected chi connectivity index (χ3v) is 4.56. The van der Waals surface area contributed by atoms with Crippen molar-refractivity contribution in [2.45, 2.75) is 26.7 Å². The number of hydrogen-bond donors (Lipinski definition) is 1. The summed E-state index contributed by atoms with van der Waals surface area (Å²) in [4.78, 5) is 32.8. The van der Waals surface area contributed by atoms with E-state index in [0.29, 0.717) is 41.4 Å². The second kappa shape index (κ2) is 5.80. The number of carbonyl (C=O) groups is 2. The van der Waals surface area contributed by atoms with Crippen molar-refractivity contribution in [3.63, 3.8) is 0 Å². The molecule has 0 fully saturated rings. The van der Waals surface area contributed by atoms with Crippen LogP contribution in [0.2, 0.25) is 0 Å². The maximum atomic E-state index is 12.4. The Morgan fingerprint density at radius 1 is 1.40 bits per heavy atom. The predicted octanol–water partition coefficient (Wildman–Crippen LogP) is 2.37. The number of ketones is 1. The molecule has 0 aromatic carbocycles. The molecule has 4 rings (SSSR count). The molecule has 1 atom stereocenters. The lowest BCUT2D eigenvalue weighted by molar-refractivity contribution is 0.0922. The molecule has 0 spiro atoms. The maximum absolute atomic E-state index is 12.4. The Morgan fingerprint density at radius 3 is 3.04 bits per heavy atom. The van der Waals surface area contributed by atoms with E-state index in [2.05, 4.69) is 34.2 Å². The highest BCUT2D eigenvalue weighted by molar-refractivity contribution is 6.04. The summed E-state index contributed by atoms with van der Waals surface area (Å²) in [6.07, 6.45) is 4.19. The summed E-state index contributed by atoms with van der Waals surface area (Å²) in [5.41, 5.74) is 1.30. The SMILES string of the molecule is CC(C)C1CC(=O)c2nc(NC(=O)c3ccn4ncnc4c3)oc2C1. The van der Waals surface area contributed by atoms with Gasteiger partial charge in [0.05, 0.1) is 0 Å². The molecule has 1 unspecified atom stereocenters. The van der Waals surface area contributed by atoms with Gasteiger partial charge in [-0.25, -0.2) is 9.50 Å². The second-order valence-corrected chi connectivity index (χ2v) is 6.56. The number of nitrogens with zero attached hydrogens (tertiary/aromatic N) is 4. The predicted molar refractivity (Wildman–Crippen MR) is 88.4 cm³/mol. The summed E-state index contributed by atoms with van der Waals surface area (Å²) < 4.78 is 7.19. The third-order valence-electron chi connectivity index (χ3n) is 4.56. The molecule has 3 aromatic heterocycles. The first-order valence-corrected chi connectivity index (χ1v) is 8.15. The molecular formula is C17H17N5O3. The summed E-state index contributed by atoms with van der Waals surface area (Å²) in [5, 5.41) is 6.59. The van der Waals surface area contributed by atoms with Crippen LogP contribution in [0.1, 0.15) is 46.9 Å². The lowest BCUT2D eigenvalue weighted by Crippen LogP contribution is -2.23. The van der Waals surface area contributed by atoms with Gasteiger partial charge < -0.3 is 4.42 Å². The van der Waals surface area contributed by atoms with E-state index in [4.69, 9.17) is 4.42 Å². The molecule has 0 radical (unpaired) electrons. The molecule has 128 valence electrons. The van der Waals surface area contributed by atoms with E-state index in [9.17, 15) is 9.59 Å². The van der Waals surface area contributed by atoms with Gasteiger partial charge in [0.25, 0.3) is 5.91 Å². The molecule has 3 heterocycles. The van der Waals surface area contributed by atoms with E-state index in [1.807, 2.05) is 0 Å². The van der Waals surface area contributed by atoms with Crippen LogP contribution in [0.25, 0.3) is 5.65 Å². The zero-order valence-corrected chi connectivity index (χ0v) is 13.9. The molecule has 25 heavy (non-hydrogen) atoms. The first-order valence-electron chi connectivity index (χ1n) is 8.15. The van der Waals surface area contributed by atoms with Gasteiger partial charge in [-0.2, -0.15) is 10.1 Å². The number of fused-ring (bicyclic) bond motifs is 2. The Labute approximate surface area is 143 Å². The number of Topliss-reactive ketones (excluding diaryl/α,β-unsaturated/α-hetero) is 1. The average molecular weight is 339 g/mol. The monoisotopic (exact) mass is 339 g/mol. The van der Waals surface area contributed by atoms with Gasteiger partial charge in [-0.15, -0.1) is 0 Å². The Morgan fingerprint density at radius 2 is 2.24 bits per heavy atom. The lowest BCUT2D eigenvalue weighted by Gasteiger charge is -2.22. The quantitative estimate of drug-likeness (QED) is 0.786. The number of nitrogens with one attached hydrogen (secondary N) is 1. The van der Waals surface area contributed by atoms with Crippen LogP contribution in [0.15, 0.2) is 29.1 Å². The van der Waals surface area contributed by atoms with Crippen molar-refractivity contribution in [1.29, 1.82) is 0 Å². The third kappa shape index (κ3) is 2.79. The van der Waals surface area contributed by atoms with E-state index in [1.54, 1.807) is 22.8 Å². The largest absolute Gasteiger partial charge is 0.428 e. The zero-order valence-electron chi connectivity index (χ0n) is 13.9. The molecule has 1 aliphatic carbocycles. The van der Waals surface area contributed by atoms with Crippen LogP contribution in [-0.2, 0) is 6.42 Å². The van der Waals surface area contributed by atoms with E-state index in [-0.39, 0.29) is 23.6 Å². The standard InChI is InChI=1S/C17H17N5O3/c1-9(2)11-5-12(23)15-13(6-11)25-17(20-15)21-16(24)10-3-4-22-14(7-10)18-8-19-22/h3-4,7-9,11H,5-6H2,1-2H3,(H,20,21,24). The van der Waals surface area contributed by atoms with Crippen LogP contribution in [0, 0.1) is 11.8 Å². The molecule has 0 aliphatic heterocycles. The van der Waals surface area contributed by atoms with E-state index >= 15 is 0 Å². The van der Waals surface area contributed by atoms with Crippen LogP contribution >= 0.6 is 0 Å². The van der Waals surface area contributed by atoms with E-state index < -0.39 is 0 Å². The molecule has 8 heteroatoms. The smallest absolute Gasteiger partial charge is 0.302 e. The minimum absolute atomic E-state index is 0.0333. The minimum atomic E-state index is -0.378. The molecule has 1 aliphatic rings. The van der Waals surface area contributed by atoms with Crippen molar-refractivity contribution in [1.82, 2.24) is 19.6 Å². The Balaban J connectivity index is 1.56. The average Bonchev–Trinajstić information content (AvgIpc) is 3.20. The first kappa shape index (κ1) is 15.5. The molecule has 8 nitrogen and oxygen atoms in total. The second-order valence-electron chi connectivity index (χ2n) is 6.56. The van der Waals surface area contributed by atoms with Gasteiger partial charge in [0.1, 0.15) is 17.8 Å². The van der Waals surface area contributed by atoms with Gasteiger partial charge in [-0.1, -0.05) is 13.8 Å². The zero-order chi connectivity index (χ0) is 17.6.